The lowest BCUT2D eigenvalue weighted by Crippen LogP contribution is -2.53. The van der Waals surface area contributed by atoms with Crippen molar-refractivity contribution in [3.8, 4) is 0 Å². The Hall–Kier alpha value is -1.39. The molecule has 15 heavy (non-hydrogen) atoms. The molecule has 1 saturated heterocycles. The second-order valence-electron chi connectivity index (χ2n) is 3.83. The van der Waals surface area contributed by atoms with E-state index in [-0.39, 0.29) is 5.91 Å². The summed E-state index contributed by atoms with van der Waals surface area (Å²) in [4.78, 5) is 11.1. The van der Waals surface area contributed by atoms with E-state index < -0.39 is 5.54 Å². The molecular weight excluding hydrogens is 192 g/mol. The van der Waals surface area contributed by atoms with E-state index in [9.17, 15) is 10.0 Å². The molecule has 0 bridgehead atoms. The minimum absolute atomic E-state index is 0.0109. The lowest BCUT2D eigenvalue weighted by molar-refractivity contribution is -0.123. The van der Waals surface area contributed by atoms with Crippen molar-refractivity contribution in [2.24, 2.45) is 0 Å². The van der Waals surface area contributed by atoms with E-state index in [1.165, 1.54) is 0 Å². The highest BCUT2D eigenvalue weighted by Crippen LogP contribution is 2.28. The van der Waals surface area contributed by atoms with Gasteiger partial charge in [-0.1, -0.05) is 30.3 Å². The van der Waals surface area contributed by atoms with Gasteiger partial charge < -0.3 is 16.0 Å². The van der Waals surface area contributed by atoms with Crippen molar-refractivity contribution in [1.29, 1.82) is 0 Å². The monoisotopic (exact) mass is 205 g/mol. The van der Waals surface area contributed by atoms with Gasteiger partial charge in [0.2, 0.25) is 5.91 Å². The van der Waals surface area contributed by atoms with Crippen LogP contribution in [0.25, 0.3) is 0 Å². The molecule has 1 unspecified atom stereocenters. The number of benzene rings is 1. The first-order valence-electron chi connectivity index (χ1n) is 4.98. The number of hydroxylamine groups is 1. The number of nitrogens with one attached hydrogen (secondary N) is 2. The minimum atomic E-state index is -0.644. The minimum Gasteiger partial charge on any atom is -0.787 e. The molecule has 80 valence electrons. The molecule has 4 heteroatoms. The molecule has 1 aromatic carbocycles. The molecule has 0 aliphatic carbocycles. The Kier molecular flexibility index (Phi) is 2.70. The first-order valence-corrected chi connectivity index (χ1v) is 4.98. The normalized spacial score (nSPS) is 26.1. The van der Waals surface area contributed by atoms with Crippen molar-refractivity contribution in [2.45, 2.75) is 18.4 Å². The molecule has 0 radical (unpaired) electrons. The molecule has 4 nitrogen and oxygen atoms in total. The van der Waals surface area contributed by atoms with Crippen LogP contribution in [-0.4, -0.2) is 12.5 Å². The average Bonchev–Trinajstić information content (AvgIpc) is 2.32. The number of carbonyl (C=O) groups excluding carboxylic acids is 1. The quantitative estimate of drug-likeness (QED) is 0.704. The van der Waals surface area contributed by atoms with Gasteiger partial charge in [-0.05, 0) is 12.0 Å². The fourth-order valence-electron chi connectivity index (χ4n) is 1.90. The Balaban J connectivity index is 2.26. The van der Waals surface area contributed by atoms with Gasteiger partial charge in [-0.2, -0.15) is 0 Å². The van der Waals surface area contributed by atoms with E-state index in [4.69, 9.17) is 0 Å². The first-order chi connectivity index (χ1) is 7.27. The zero-order valence-electron chi connectivity index (χ0n) is 8.32. The molecule has 1 aliphatic heterocycles. The summed E-state index contributed by atoms with van der Waals surface area (Å²) in [6.07, 6.45) is 0.941. The summed E-state index contributed by atoms with van der Waals surface area (Å²) < 4.78 is 0. The topological polar surface area (TPSA) is 64.2 Å². The van der Waals surface area contributed by atoms with Gasteiger partial charge in [-0.25, -0.2) is 0 Å². The Morgan fingerprint density at radius 2 is 2.07 bits per heavy atom. The second-order valence-corrected chi connectivity index (χ2v) is 3.83. The van der Waals surface area contributed by atoms with Crippen molar-refractivity contribution in [1.82, 2.24) is 10.8 Å². The predicted octanol–water partition coefficient (Wildman–Crippen LogP) is 0.879. The zero-order chi connectivity index (χ0) is 10.7. The van der Waals surface area contributed by atoms with Crippen LogP contribution in [0.15, 0.2) is 30.3 Å². The van der Waals surface area contributed by atoms with E-state index in [2.05, 4.69) is 10.8 Å². The van der Waals surface area contributed by atoms with Crippen LogP contribution in [0.3, 0.4) is 0 Å². The van der Waals surface area contributed by atoms with E-state index >= 15 is 0 Å². The van der Waals surface area contributed by atoms with Crippen LogP contribution in [-0.2, 0) is 10.3 Å². The van der Waals surface area contributed by atoms with Crippen LogP contribution < -0.4 is 10.8 Å². The predicted molar refractivity (Wildman–Crippen MR) is 56.9 cm³/mol. The van der Waals surface area contributed by atoms with Crippen LogP contribution in [0.1, 0.15) is 18.4 Å². The molecule has 1 fully saturated rings. The molecule has 0 aromatic heterocycles. The molecule has 1 aliphatic rings. The zero-order valence-corrected chi connectivity index (χ0v) is 8.32. The standard InChI is InChI=1S/C11H13N2O2/c14-10-6-7-11(13-15,8-12-10)9-4-2-1-3-5-9/h1-5,13H,6-8H2,(H,12,14)/q-1. The van der Waals surface area contributed by atoms with Crippen molar-refractivity contribution in [2.75, 3.05) is 6.54 Å². The Morgan fingerprint density at radius 1 is 1.33 bits per heavy atom. The maximum Gasteiger partial charge on any atom is 0.220 e. The number of carbonyl (C=O) groups is 1. The molecule has 2 rings (SSSR count). The third-order valence-electron chi connectivity index (χ3n) is 2.89. The molecule has 0 saturated carbocycles. The number of rotatable bonds is 2. The van der Waals surface area contributed by atoms with Gasteiger partial charge in [0.25, 0.3) is 0 Å². The maximum absolute atomic E-state index is 11.1. The molecule has 1 aromatic rings. The summed E-state index contributed by atoms with van der Waals surface area (Å²) in [5.41, 5.74) is 2.38. The van der Waals surface area contributed by atoms with E-state index in [0.717, 1.165) is 5.56 Å². The summed E-state index contributed by atoms with van der Waals surface area (Å²) in [7, 11) is 0. The first kappa shape index (κ1) is 10.1. The molecule has 0 spiro atoms. The van der Waals surface area contributed by atoms with Crippen LogP contribution in [0.4, 0.5) is 0 Å². The average molecular weight is 205 g/mol. The van der Waals surface area contributed by atoms with Gasteiger partial charge in [0.1, 0.15) is 0 Å². The van der Waals surface area contributed by atoms with Crippen molar-refractivity contribution in [3.63, 3.8) is 0 Å². The molecule has 1 atom stereocenters. The van der Waals surface area contributed by atoms with Crippen LogP contribution >= 0.6 is 0 Å². The Bertz CT molecular complexity index is 341. The van der Waals surface area contributed by atoms with Crippen LogP contribution in [0.2, 0.25) is 0 Å². The SMILES string of the molecule is O=C1CCC(N[O-])(c2ccccc2)CN1. The number of hydrogen-bond acceptors (Lipinski definition) is 3. The maximum atomic E-state index is 11.1. The summed E-state index contributed by atoms with van der Waals surface area (Å²) in [5, 5.41) is 13.8. The van der Waals surface area contributed by atoms with Gasteiger partial charge in [0.05, 0.1) is 5.54 Å². The van der Waals surface area contributed by atoms with Gasteiger partial charge in [0.15, 0.2) is 0 Å². The van der Waals surface area contributed by atoms with E-state index in [1.54, 1.807) is 0 Å². The fraction of sp³-hybridized carbons (Fsp3) is 0.364. The van der Waals surface area contributed by atoms with Crippen molar-refractivity contribution < 1.29 is 4.79 Å². The van der Waals surface area contributed by atoms with Crippen LogP contribution in [0.5, 0.6) is 0 Å². The van der Waals surface area contributed by atoms with Gasteiger partial charge >= 0.3 is 0 Å². The van der Waals surface area contributed by atoms with Crippen molar-refractivity contribution in [3.05, 3.63) is 41.1 Å². The lowest BCUT2D eigenvalue weighted by Gasteiger charge is -2.41. The summed E-state index contributed by atoms with van der Waals surface area (Å²) in [6.45, 7) is 0.360. The highest BCUT2D eigenvalue weighted by atomic mass is 16.5. The van der Waals surface area contributed by atoms with Gasteiger partial charge in [-0.15, -0.1) is 0 Å². The number of hydrogen-bond donors (Lipinski definition) is 2. The number of amides is 1. The highest BCUT2D eigenvalue weighted by molar-refractivity contribution is 5.77. The molecular formula is C11H13N2O2-. The van der Waals surface area contributed by atoms with E-state index in [1.807, 2.05) is 30.3 Å². The van der Waals surface area contributed by atoms with Crippen LogP contribution in [0, 0.1) is 5.21 Å². The molecule has 2 N–H and O–H groups in total. The Labute approximate surface area is 88.3 Å². The summed E-state index contributed by atoms with van der Waals surface area (Å²) >= 11 is 0. The molecule has 1 heterocycles. The second kappa shape index (κ2) is 4.00. The largest absolute Gasteiger partial charge is 0.787 e. The number of piperidine rings is 1. The Morgan fingerprint density at radius 3 is 2.60 bits per heavy atom. The smallest absolute Gasteiger partial charge is 0.220 e. The highest BCUT2D eigenvalue weighted by Gasteiger charge is 2.32. The van der Waals surface area contributed by atoms with E-state index in [0.29, 0.717) is 19.4 Å². The lowest BCUT2D eigenvalue weighted by atomic mass is 9.84. The summed E-state index contributed by atoms with van der Waals surface area (Å²) in [5.74, 6) is 0.0109. The van der Waals surface area contributed by atoms with Gasteiger partial charge in [0, 0.05) is 13.0 Å². The fourth-order valence-corrected chi connectivity index (χ4v) is 1.90. The molecule has 1 amide bonds. The third-order valence-corrected chi connectivity index (χ3v) is 2.89. The van der Waals surface area contributed by atoms with Gasteiger partial charge in [-0.3, -0.25) is 4.79 Å². The summed E-state index contributed by atoms with van der Waals surface area (Å²) in [6, 6.07) is 9.50. The van der Waals surface area contributed by atoms with Crippen molar-refractivity contribution >= 4 is 5.91 Å². The third kappa shape index (κ3) is 1.86.